The van der Waals surface area contributed by atoms with E-state index in [1.165, 1.54) is 22.5 Å². The molecule has 9 heteroatoms. The zero-order valence-corrected chi connectivity index (χ0v) is 17.0. The summed E-state index contributed by atoms with van der Waals surface area (Å²) in [6.07, 6.45) is 9.39. The Morgan fingerprint density at radius 1 is 1.34 bits per heavy atom. The maximum absolute atomic E-state index is 13.4. The van der Waals surface area contributed by atoms with E-state index >= 15 is 0 Å². The van der Waals surface area contributed by atoms with Gasteiger partial charge in [-0.2, -0.15) is 14.5 Å². The summed E-state index contributed by atoms with van der Waals surface area (Å²) in [5, 5.41) is 10.8. The molecule has 0 bridgehead atoms. The van der Waals surface area contributed by atoms with Crippen LogP contribution < -0.4 is 5.32 Å². The van der Waals surface area contributed by atoms with E-state index in [4.69, 9.17) is 6.42 Å². The Morgan fingerprint density at radius 2 is 2.10 bits per heavy atom. The minimum atomic E-state index is -3.75. The van der Waals surface area contributed by atoms with Gasteiger partial charge in [-0.25, -0.2) is 12.8 Å². The van der Waals surface area contributed by atoms with Crippen LogP contribution in [0.5, 0.6) is 0 Å². The Kier molecular flexibility index (Phi) is 6.65. The monoisotopic (exact) mass is 420 g/mol. The molecule has 0 atom stereocenters. The summed E-state index contributed by atoms with van der Waals surface area (Å²) < 4.78 is 40.5. The van der Waals surface area contributed by atoms with Crippen molar-refractivity contribution in [2.24, 2.45) is 10.2 Å². The van der Waals surface area contributed by atoms with Gasteiger partial charge in [0, 0.05) is 44.8 Å². The van der Waals surface area contributed by atoms with Crippen molar-refractivity contribution in [2.75, 3.05) is 13.1 Å². The fourth-order valence-corrected chi connectivity index (χ4v) is 4.91. The van der Waals surface area contributed by atoms with Gasteiger partial charge in [-0.3, -0.25) is 4.79 Å². The van der Waals surface area contributed by atoms with E-state index in [2.05, 4.69) is 21.5 Å². The first-order valence-corrected chi connectivity index (χ1v) is 11.2. The molecule has 7 nitrogen and oxygen atoms in total. The molecule has 0 radical (unpaired) electrons. The lowest BCUT2D eigenvalue weighted by Crippen LogP contribution is -2.36. The average molecular weight is 421 g/mol. The van der Waals surface area contributed by atoms with Crippen LogP contribution in [0.25, 0.3) is 0 Å². The summed E-state index contributed by atoms with van der Waals surface area (Å²) in [6.45, 7) is 0.646. The van der Waals surface area contributed by atoms with Gasteiger partial charge >= 0.3 is 0 Å². The highest BCUT2D eigenvalue weighted by molar-refractivity contribution is 7.89. The Hall–Kier alpha value is -2.31. The maximum Gasteiger partial charge on any atom is 0.243 e. The van der Waals surface area contributed by atoms with E-state index in [0.29, 0.717) is 38.6 Å². The van der Waals surface area contributed by atoms with E-state index in [0.717, 1.165) is 18.9 Å². The van der Waals surface area contributed by atoms with Gasteiger partial charge in [0.05, 0.1) is 4.90 Å². The van der Waals surface area contributed by atoms with Gasteiger partial charge in [0.25, 0.3) is 0 Å². The molecule has 0 aromatic heterocycles. The third-order valence-electron chi connectivity index (χ3n) is 5.04. The molecule has 1 aliphatic carbocycles. The van der Waals surface area contributed by atoms with Crippen LogP contribution in [-0.4, -0.2) is 43.4 Å². The first-order valence-electron chi connectivity index (χ1n) is 9.78. The molecule has 29 heavy (non-hydrogen) atoms. The van der Waals surface area contributed by atoms with Crippen molar-refractivity contribution in [1.29, 1.82) is 0 Å². The highest BCUT2D eigenvalue weighted by Gasteiger charge is 2.39. The molecule has 156 valence electrons. The summed E-state index contributed by atoms with van der Waals surface area (Å²) in [6, 6.07) is 5.00. The smallest absolute Gasteiger partial charge is 0.243 e. The SMILES string of the molecule is C#CCCC1(CCC(=O)NCCCN(C2CC2)S(=O)(=O)c2cccc(F)c2)N=N1. The average Bonchev–Trinajstić information content (AvgIpc) is 3.60. The van der Waals surface area contributed by atoms with Crippen molar-refractivity contribution < 1.29 is 17.6 Å². The summed E-state index contributed by atoms with van der Waals surface area (Å²) in [7, 11) is -3.75. The second-order valence-corrected chi connectivity index (χ2v) is 9.28. The van der Waals surface area contributed by atoms with Crippen molar-refractivity contribution in [2.45, 2.75) is 61.5 Å². The summed E-state index contributed by atoms with van der Waals surface area (Å²) in [5.74, 6) is 1.85. The lowest BCUT2D eigenvalue weighted by molar-refractivity contribution is -0.121. The number of sulfonamides is 1. The molecule has 0 unspecified atom stereocenters. The van der Waals surface area contributed by atoms with Crippen LogP contribution in [0.1, 0.15) is 44.9 Å². The van der Waals surface area contributed by atoms with Gasteiger partial charge in [-0.15, -0.1) is 12.3 Å². The molecule has 1 saturated carbocycles. The van der Waals surface area contributed by atoms with E-state index < -0.39 is 21.5 Å². The minimum absolute atomic E-state index is 0.0392. The lowest BCUT2D eigenvalue weighted by Gasteiger charge is -2.22. The van der Waals surface area contributed by atoms with Crippen molar-refractivity contribution in [3.63, 3.8) is 0 Å². The van der Waals surface area contributed by atoms with Crippen LogP contribution in [0.2, 0.25) is 0 Å². The van der Waals surface area contributed by atoms with Gasteiger partial charge < -0.3 is 5.32 Å². The van der Waals surface area contributed by atoms with Gasteiger partial charge in [-0.05, 0) is 37.5 Å². The maximum atomic E-state index is 13.4. The molecule has 1 aromatic rings. The van der Waals surface area contributed by atoms with Crippen molar-refractivity contribution in [3.05, 3.63) is 30.1 Å². The van der Waals surface area contributed by atoms with Crippen LogP contribution in [0.4, 0.5) is 4.39 Å². The zero-order valence-electron chi connectivity index (χ0n) is 16.2. The zero-order chi connectivity index (χ0) is 20.9. The number of carbonyl (C=O) groups is 1. The number of rotatable bonds is 12. The number of hydrogen-bond donors (Lipinski definition) is 1. The van der Waals surface area contributed by atoms with E-state index in [-0.39, 0.29) is 23.4 Å². The van der Waals surface area contributed by atoms with E-state index in [9.17, 15) is 17.6 Å². The summed E-state index contributed by atoms with van der Waals surface area (Å²) in [4.78, 5) is 12.0. The fraction of sp³-hybridized carbons (Fsp3) is 0.550. The van der Waals surface area contributed by atoms with Gasteiger partial charge in [0.2, 0.25) is 15.9 Å². The molecule has 1 fully saturated rings. The van der Waals surface area contributed by atoms with Crippen LogP contribution in [0, 0.1) is 18.2 Å². The predicted molar refractivity (Wildman–Crippen MR) is 106 cm³/mol. The number of carbonyl (C=O) groups excluding carboxylic acids is 1. The second-order valence-electron chi connectivity index (χ2n) is 7.39. The quantitative estimate of drug-likeness (QED) is 0.416. The van der Waals surface area contributed by atoms with Gasteiger partial charge in [0.15, 0.2) is 5.66 Å². The Labute approximate surface area is 170 Å². The largest absolute Gasteiger partial charge is 0.356 e. The van der Waals surface area contributed by atoms with Crippen molar-refractivity contribution in [3.8, 4) is 12.3 Å². The summed E-state index contributed by atoms with van der Waals surface area (Å²) >= 11 is 0. The Bertz CT molecular complexity index is 916. The van der Waals surface area contributed by atoms with Gasteiger partial charge in [-0.1, -0.05) is 6.07 Å². The first-order chi connectivity index (χ1) is 13.9. The fourth-order valence-electron chi connectivity index (χ4n) is 3.16. The second kappa shape index (κ2) is 9.01. The van der Waals surface area contributed by atoms with Gasteiger partial charge in [0.1, 0.15) is 5.82 Å². The molecule has 0 saturated heterocycles. The molecular formula is C20H25FN4O3S. The predicted octanol–water partition coefficient (Wildman–Crippen LogP) is 2.84. The molecule has 1 amide bonds. The molecule has 0 spiro atoms. The number of amides is 1. The van der Waals surface area contributed by atoms with Crippen molar-refractivity contribution >= 4 is 15.9 Å². The number of halogens is 1. The molecule has 1 aromatic carbocycles. The topological polar surface area (TPSA) is 91.2 Å². The highest BCUT2D eigenvalue weighted by atomic mass is 32.2. The third-order valence-corrected chi connectivity index (χ3v) is 6.99. The van der Waals surface area contributed by atoms with Crippen LogP contribution >= 0.6 is 0 Å². The molecule has 1 N–H and O–H groups in total. The van der Waals surface area contributed by atoms with Crippen LogP contribution in [0.3, 0.4) is 0 Å². The number of hydrogen-bond acceptors (Lipinski definition) is 5. The molecule has 3 rings (SSSR count). The number of terminal acetylenes is 1. The van der Waals surface area contributed by atoms with Crippen LogP contribution in [-0.2, 0) is 14.8 Å². The minimum Gasteiger partial charge on any atom is -0.356 e. The molecule has 1 aliphatic heterocycles. The lowest BCUT2D eigenvalue weighted by atomic mass is 10.0. The Morgan fingerprint density at radius 3 is 2.72 bits per heavy atom. The van der Waals surface area contributed by atoms with E-state index in [1.54, 1.807) is 0 Å². The first kappa shape index (κ1) is 21.4. The third kappa shape index (κ3) is 5.84. The van der Waals surface area contributed by atoms with E-state index in [1.807, 2.05) is 0 Å². The van der Waals surface area contributed by atoms with Crippen molar-refractivity contribution in [1.82, 2.24) is 9.62 Å². The standard InChI is InChI=1S/C20H25FN4O3S/c1-2-3-11-20(23-24-20)12-10-19(26)22-13-5-14-25(17-8-9-17)29(27,28)18-7-4-6-16(21)15-18/h1,4,6-7,15,17H,3,5,8-14H2,(H,22,26). The number of nitrogens with one attached hydrogen (secondary N) is 1. The number of benzene rings is 1. The summed E-state index contributed by atoms with van der Waals surface area (Å²) in [5.41, 5.74) is -0.481. The Balaban J connectivity index is 1.43. The molecule has 1 heterocycles. The van der Waals surface area contributed by atoms with Crippen LogP contribution in [0.15, 0.2) is 39.4 Å². The molecule has 2 aliphatic rings. The number of nitrogens with zero attached hydrogens (tertiary/aromatic N) is 3. The normalized spacial score (nSPS) is 17.1. The molecular weight excluding hydrogens is 395 g/mol. The highest BCUT2D eigenvalue weighted by Crippen LogP contribution is 2.37.